The second-order valence-electron chi connectivity index (χ2n) is 1.78. The van der Waals surface area contributed by atoms with Crippen molar-refractivity contribution in [1.29, 1.82) is 0 Å². The molecule has 0 saturated heterocycles. The van der Waals surface area contributed by atoms with Gasteiger partial charge < -0.3 is 5.11 Å². The van der Waals surface area contributed by atoms with Crippen LogP contribution in [-0.4, -0.2) is 15.4 Å². The summed E-state index contributed by atoms with van der Waals surface area (Å²) in [5.41, 5.74) is 0. The van der Waals surface area contributed by atoms with E-state index in [4.69, 9.17) is 5.11 Å². The van der Waals surface area contributed by atoms with Crippen molar-refractivity contribution < 1.29 is 9.90 Å². The fourth-order valence-electron chi connectivity index (χ4n) is 0. The van der Waals surface area contributed by atoms with Crippen LogP contribution in [-0.2, 0) is 4.79 Å². The number of halogens is 2. The summed E-state index contributed by atoms with van der Waals surface area (Å²) in [5, 5.41) is 8.20. The summed E-state index contributed by atoms with van der Waals surface area (Å²) in [6, 6.07) is 0. The fraction of sp³-hybridized carbons (Fsp3) is 0.750. The Labute approximate surface area is 62.8 Å². The minimum absolute atomic E-state index is 0. The maximum atomic E-state index is 9.97. The Morgan fingerprint density at radius 3 is 1.75 bits per heavy atom. The highest BCUT2D eigenvalue weighted by Gasteiger charge is 2.21. The van der Waals surface area contributed by atoms with Crippen LogP contribution in [0.25, 0.3) is 0 Å². The molecule has 50 valence electrons. The molecular formula is C4H8BrClO2. The Kier molecular flexibility index (Phi) is 4.58. The highest BCUT2D eigenvalue weighted by atomic mass is 79.9. The van der Waals surface area contributed by atoms with Gasteiger partial charge in [0.2, 0.25) is 0 Å². The number of carbonyl (C=O) groups is 1. The largest absolute Gasteiger partial charge is 0.480 e. The van der Waals surface area contributed by atoms with E-state index in [1.165, 1.54) is 0 Å². The molecule has 0 fully saturated rings. The topological polar surface area (TPSA) is 37.3 Å². The first kappa shape index (κ1) is 11.1. The van der Waals surface area contributed by atoms with Gasteiger partial charge in [-0.15, -0.1) is 12.4 Å². The zero-order valence-electron chi connectivity index (χ0n) is 4.64. The molecule has 0 spiro atoms. The minimum atomic E-state index is -0.840. The average molecular weight is 203 g/mol. The van der Waals surface area contributed by atoms with Crippen LogP contribution < -0.4 is 0 Å². The van der Waals surface area contributed by atoms with Crippen molar-refractivity contribution in [3.05, 3.63) is 0 Å². The first-order chi connectivity index (χ1) is 2.94. The first-order valence-electron chi connectivity index (χ1n) is 1.87. The number of carboxylic acid groups (broad SMARTS) is 1. The van der Waals surface area contributed by atoms with Crippen molar-refractivity contribution in [3.63, 3.8) is 0 Å². The van der Waals surface area contributed by atoms with Crippen molar-refractivity contribution in [2.75, 3.05) is 0 Å². The summed E-state index contributed by atoms with van der Waals surface area (Å²) < 4.78 is -0.771. The quantitative estimate of drug-likeness (QED) is 0.658. The summed E-state index contributed by atoms with van der Waals surface area (Å²) in [5.74, 6) is -0.840. The summed E-state index contributed by atoms with van der Waals surface area (Å²) in [4.78, 5) is 9.97. The summed E-state index contributed by atoms with van der Waals surface area (Å²) in [6.45, 7) is 3.16. The summed E-state index contributed by atoms with van der Waals surface area (Å²) in [7, 11) is 0. The van der Waals surface area contributed by atoms with Gasteiger partial charge in [-0.25, -0.2) is 0 Å². The Bertz CT molecular complexity index is 86.5. The van der Waals surface area contributed by atoms with Crippen LogP contribution in [0.4, 0.5) is 0 Å². The summed E-state index contributed by atoms with van der Waals surface area (Å²) in [6.07, 6.45) is 0. The van der Waals surface area contributed by atoms with Crippen LogP contribution in [0.5, 0.6) is 0 Å². The van der Waals surface area contributed by atoms with Gasteiger partial charge in [0.15, 0.2) is 0 Å². The van der Waals surface area contributed by atoms with Gasteiger partial charge in [0.25, 0.3) is 0 Å². The second-order valence-corrected chi connectivity index (χ2v) is 3.76. The van der Waals surface area contributed by atoms with E-state index in [2.05, 4.69) is 15.9 Å². The molecular weight excluding hydrogens is 195 g/mol. The van der Waals surface area contributed by atoms with Gasteiger partial charge in [-0.1, -0.05) is 15.9 Å². The van der Waals surface area contributed by atoms with Gasteiger partial charge in [0, 0.05) is 0 Å². The Morgan fingerprint density at radius 1 is 1.62 bits per heavy atom. The van der Waals surface area contributed by atoms with Crippen LogP contribution in [0, 0.1) is 0 Å². The second kappa shape index (κ2) is 3.30. The van der Waals surface area contributed by atoms with Crippen molar-refractivity contribution >= 4 is 34.3 Å². The minimum Gasteiger partial charge on any atom is -0.480 e. The van der Waals surface area contributed by atoms with Crippen LogP contribution in [0.2, 0.25) is 0 Å². The lowest BCUT2D eigenvalue weighted by Crippen LogP contribution is -2.22. The maximum Gasteiger partial charge on any atom is 0.319 e. The molecule has 0 aromatic carbocycles. The number of aliphatic carboxylic acids is 1. The van der Waals surface area contributed by atoms with E-state index >= 15 is 0 Å². The van der Waals surface area contributed by atoms with E-state index < -0.39 is 10.3 Å². The molecule has 0 aliphatic heterocycles. The molecule has 0 amide bonds. The van der Waals surface area contributed by atoms with Gasteiger partial charge >= 0.3 is 5.97 Å². The molecule has 0 unspecified atom stereocenters. The van der Waals surface area contributed by atoms with Gasteiger partial charge in [-0.2, -0.15) is 0 Å². The van der Waals surface area contributed by atoms with Gasteiger partial charge in [0.05, 0.1) is 0 Å². The van der Waals surface area contributed by atoms with Gasteiger partial charge in [0.1, 0.15) is 4.32 Å². The van der Waals surface area contributed by atoms with E-state index in [9.17, 15) is 4.79 Å². The van der Waals surface area contributed by atoms with Crippen LogP contribution in [0.3, 0.4) is 0 Å². The van der Waals surface area contributed by atoms with Crippen LogP contribution >= 0.6 is 28.3 Å². The number of rotatable bonds is 1. The predicted octanol–water partition coefficient (Wildman–Crippen LogP) is 1.67. The summed E-state index contributed by atoms with van der Waals surface area (Å²) >= 11 is 2.94. The maximum absolute atomic E-state index is 9.97. The zero-order valence-corrected chi connectivity index (χ0v) is 7.04. The molecule has 0 aromatic rings. The number of hydrogen-bond acceptors (Lipinski definition) is 1. The molecule has 2 nitrogen and oxygen atoms in total. The molecule has 8 heavy (non-hydrogen) atoms. The fourth-order valence-corrected chi connectivity index (χ4v) is 0. The molecule has 0 heterocycles. The predicted molar refractivity (Wildman–Crippen MR) is 37.9 cm³/mol. The van der Waals surface area contributed by atoms with Gasteiger partial charge in [-0.05, 0) is 13.8 Å². The molecule has 0 aliphatic rings. The van der Waals surface area contributed by atoms with E-state index in [1.54, 1.807) is 13.8 Å². The Morgan fingerprint density at radius 2 is 1.75 bits per heavy atom. The molecule has 0 rings (SSSR count). The highest BCUT2D eigenvalue weighted by Crippen LogP contribution is 2.14. The van der Waals surface area contributed by atoms with Crippen molar-refractivity contribution in [2.45, 2.75) is 18.2 Å². The molecule has 0 bridgehead atoms. The highest BCUT2D eigenvalue weighted by molar-refractivity contribution is 9.10. The van der Waals surface area contributed by atoms with E-state index in [0.29, 0.717) is 0 Å². The van der Waals surface area contributed by atoms with Crippen molar-refractivity contribution in [2.24, 2.45) is 0 Å². The number of hydrogen-bond donors (Lipinski definition) is 1. The Hall–Kier alpha value is 0.240. The lowest BCUT2D eigenvalue weighted by atomic mass is 10.2. The number of alkyl halides is 1. The number of carboxylic acids is 1. The average Bonchev–Trinajstić information content (AvgIpc) is 1.31. The molecule has 0 atom stereocenters. The molecule has 0 aliphatic carbocycles. The standard InChI is InChI=1S/C4H7BrO2.ClH/c1-4(2,5)3(6)7;/h1-2H3,(H,6,7);1H. The molecule has 0 radical (unpaired) electrons. The monoisotopic (exact) mass is 202 g/mol. The lowest BCUT2D eigenvalue weighted by molar-refractivity contribution is -0.138. The van der Waals surface area contributed by atoms with E-state index in [-0.39, 0.29) is 12.4 Å². The van der Waals surface area contributed by atoms with Crippen LogP contribution in [0.1, 0.15) is 13.8 Å². The molecule has 4 heteroatoms. The third-order valence-electron chi connectivity index (χ3n) is 0.509. The third kappa shape index (κ3) is 4.40. The van der Waals surface area contributed by atoms with Crippen molar-refractivity contribution in [1.82, 2.24) is 0 Å². The van der Waals surface area contributed by atoms with E-state index in [1.807, 2.05) is 0 Å². The third-order valence-corrected chi connectivity index (χ3v) is 0.848. The SMILES string of the molecule is CC(C)(Br)C(=O)O.Cl. The molecule has 0 saturated carbocycles. The smallest absolute Gasteiger partial charge is 0.319 e. The van der Waals surface area contributed by atoms with Crippen molar-refractivity contribution in [3.8, 4) is 0 Å². The van der Waals surface area contributed by atoms with Crippen LogP contribution in [0.15, 0.2) is 0 Å². The first-order valence-corrected chi connectivity index (χ1v) is 2.66. The normalized spacial score (nSPS) is 9.88. The molecule has 0 aromatic heterocycles. The molecule has 1 N–H and O–H groups in total. The lowest BCUT2D eigenvalue weighted by Gasteiger charge is -2.06. The Balaban J connectivity index is 0. The van der Waals surface area contributed by atoms with Gasteiger partial charge in [-0.3, -0.25) is 4.79 Å². The zero-order chi connectivity index (χ0) is 6.08. The van der Waals surface area contributed by atoms with E-state index in [0.717, 1.165) is 0 Å².